The zero-order valence-electron chi connectivity index (χ0n) is 10.0. The van der Waals surface area contributed by atoms with Crippen LogP contribution in [0.1, 0.15) is 0 Å². The average Bonchev–Trinajstić information content (AvgIpc) is 2.18. The van der Waals surface area contributed by atoms with E-state index < -0.39 is 6.41 Å². The molecule has 0 aromatic heterocycles. The van der Waals surface area contributed by atoms with Crippen LogP contribution in [0.15, 0.2) is 0 Å². The molecule has 1 saturated heterocycles. The lowest BCUT2D eigenvalue weighted by molar-refractivity contribution is -0.200. The standard InChI is InChI=1S/C10H23N3O2/c1-11(2)8-9-15-10(14)13-6-4-12(3)5-7-13/h10,14H,4-9H2,1-3H3. The molecule has 1 aliphatic heterocycles. The van der Waals surface area contributed by atoms with Gasteiger partial charge in [0.2, 0.25) is 6.41 Å². The Labute approximate surface area is 92.2 Å². The van der Waals surface area contributed by atoms with Crippen molar-refractivity contribution in [3.8, 4) is 0 Å². The van der Waals surface area contributed by atoms with Crippen LogP contribution in [0.5, 0.6) is 0 Å². The normalized spacial score (nSPS) is 22.2. The molecule has 1 fully saturated rings. The molecule has 0 aromatic carbocycles. The van der Waals surface area contributed by atoms with E-state index >= 15 is 0 Å². The second-order valence-electron chi connectivity index (χ2n) is 4.34. The Kier molecular flexibility index (Phi) is 5.49. The third kappa shape index (κ3) is 4.90. The molecular formula is C10H23N3O2. The summed E-state index contributed by atoms with van der Waals surface area (Å²) in [5, 5.41) is 9.74. The highest BCUT2D eigenvalue weighted by Gasteiger charge is 2.20. The van der Waals surface area contributed by atoms with E-state index in [9.17, 15) is 5.11 Å². The van der Waals surface area contributed by atoms with E-state index in [2.05, 4.69) is 11.9 Å². The Balaban J connectivity index is 2.13. The van der Waals surface area contributed by atoms with E-state index in [1.54, 1.807) is 0 Å². The Morgan fingerprint density at radius 3 is 2.40 bits per heavy atom. The minimum Gasteiger partial charge on any atom is -0.356 e. The van der Waals surface area contributed by atoms with Gasteiger partial charge in [0.25, 0.3) is 0 Å². The number of nitrogens with zero attached hydrogens (tertiary/aromatic N) is 3. The van der Waals surface area contributed by atoms with Gasteiger partial charge in [-0.2, -0.15) is 0 Å². The maximum absolute atomic E-state index is 9.74. The van der Waals surface area contributed by atoms with Crippen LogP contribution in [-0.2, 0) is 4.74 Å². The quantitative estimate of drug-likeness (QED) is 0.604. The van der Waals surface area contributed by atoms with E-state index in [-0.39, 0.29) is 0 Å². The maximum Gasteiger partial charge on any atom is 0.216 e. The van der Waals surface area contributed by atoms with Crippen molar-refractivity contribution in [1.29, 1.82) is 0 Å². The fourth-order valence-corrected chi connectivity index (χ4v) is 1.49. The van der Waals surface area contributed by atoms with Gasteiger partial charge in [-0.25, -0.2) is 0 Å². The molecule has 5 nitrogen and oxygen atoms in total. The number of likely N-dealkylation sites (N-methyl/N-ethyl adjacent to an activating group) is 2. The molecule has 0 aromatic rings. The molecule has 0 saturated carbocycles. The van der Waals surface area contributed by atoms with Gasteiger partial charge in [-0.3, -0.25) is 4.90 Å². The predicted octanol–water partition coefficient (Wildman–Crippen LogP) is -0.912. The fraction of sp³-hybridized carbons (Fsp3) is 1.00. The molecule has 0 aliphatic carbocycles. The predicted molar refractivity (Wildman–Crippen MR) is 59.6 cm³/mol. The van der Waals surface area contributed by atoms with Crippen LogP contribution < -0.4 is 0 Å². The summed E-state index contributed by atoms with van der Waals surface area (Å²) in [5.74, 6) is 0. The SMILES string of the molecule is CN(C)CCOC(O)N1CCN(C)CC1. The molecular weight excluding hydrogens is 194 g/mol. The summed E-state index contributed by atoms with van der Waals surface area (Å²) in [4.78, 5) is 6.26. The average molecular weight is 217 g/mol. The Hall–Kier alpha value is -0.200. The minimum absolute atomic E-state index is 0.570. The molecule has 0 radical (unpaired) electrons. The van der Waals surface area contributed by atoms with Crippen molar-refractivity contribution in [2.75, 3.05) is 60.5 Å². The van der Waals surface area contributed by atoms with E-state index in [0.29, 0.717) is 6.61 Å². The van der Waals surface area contributed by atoms with Gasteiger partial charge in [-0.05, 0) is 21.1 Å². The van der Waals surface area contributed by atoms with Crippen LogP contribution in [0.4, 0.5) is 0 Å². The van der Waals surface area contributed by atoms with Crippen LogP contribution in [0, 0.1) is 0 Å². The summed E-state index contributed by atoms with van der Waals surface area (Å²) in [6.07, 6.45) is -0.737. The third-order valence-corrected chi connectivity index (χ3v) is 2.66. The van der Waals surface area contributed by atoms with Gasteiger partial charge in [0.15, 0.2) is 0 Å². The Bertz CT molecular complexity index is 170. The molecule has 1 aliphatic rings. The van der Waals surface area contributed by atoms with E-state index in [0.717, 1.165) is 32.7 Å². The molecule has 0 bridgehead atoms. The molecule has 1 N–H and O–H groups in total. The number of piperazine rings is 1. The first-order valence-corrected chi connectivity index (χ1v) is 5.46. The zero-order chi connectivity index (χ0) is 11.3. The first-order chi connectivity index (χ1) is 7.09. The first kappa shape index (κ1) is 12.9. The molecule has 1 rings (SSSR count). The lowest BCUT2D eigenvalue weighted by atomic mass is 10.3. The number of aliphatic hydroxyl groups excluding tert-OH is 1. The molecule has 0 amide bonds. The summed E-state index contributed by atoms with van der Waals surface area (Å²) in [7, 11) is 6.08. The van der Waals surface area contributed by atoms with Gasteiger partial charge in [-0.15, -0.1) is 0 Å². The van der Waals surface area contributed by atoms with E-state index in [1.807, 2.05) is 23.9 Å². The smallest absolute Gasteiger partial charge is 0.216 e. The zero-order valence-corrected chi connectivity index (χ0v) is 10.0. The number of aliphatic hydroxyl groups is 1. The van der Waals surface area contributed by atoms with E-state index in [1.165, 1.54) is 0 Å². The third-order valence-electron chi connectivity index (χ3n) is 2.66. The molecule has 1 unspecified atom stereocenters. The van der Waals surface area contributed by atoms with Crippen molar-refractivity contribution >= 4 is 0 Å². The molecule has 0 spiro atoms. The number of hydrogen-bond acceptors (Lipinski definition) is 5. The van der Waals surface area contributed by atoms with Crippen LogP contribution in [0.2, 0.25) is 0 Å². The topological polar surface area (TPSA) is 39.2 Å². The van der Waals surface area contributed by atoms with Gasteiger partial charge in [0.05, 0.1) is 6.61 Å². The molecule has 1 heterocycles. The van der Waals surface area contributed by atoms with E-state index in [4.69, 9.17) is 4.74 Å². The van der Waals surface area contributed by atoms with Crippen LogP contribution in [0.25, 0.3) is 0 Å². The van der Waals surface area contributed by atoms with Crippen molar-refractivity contribution in [2.24, 2.45) is 0 Å². The second kappa shape index (κ2) is 6.40. The van der Waals surface area contributed by atoms with Crippen LogP contribution in [-0.4, -0.2) is 86.7 Å². The van der Waals surface area contributed by atoms with Crippen molar-refractivity contribution in [3.63, 3.8) is 0 Å². The van der Waals surface area contributed by atoms with Crippen molar-refractivity contribution in [1.82, 2.24) is 14.7 Å². The minimum atomic E-state index is -0.737. The summed E-state index contributed by atoms with van der Waals surface area (Å²) >= 11 is 0. The number of rotatable bonds is 5. The number of hydrogen-bond donors (Lipinski definition) is 1. The summed E-state index contributed by atoms with van der Waals surface area (Å²) in [6.45, 7) is 5.15. The van der Waals surface area contributed by atoms with Crippen LogP contribution >= 0.6 is 0 Å². The second-order valence-corrected chi connectivity index (χ2v) is 4.34. The van der Waals surface area contributed by atoms with Gasteiger partial charge in [0, 0.05) is 32.7 Å². The van der Waals surface area contributed by atoms with Gasteiger partial charge in [-0.1, -0.05) is 0 Å². The summed E-state index contributed by atoms with van der Waals surface area (Å²) in [5.41, 5.74) is 0. The highest BCUT2D eigenvalue weighted by molar-refractivity contribution is 4.68. The highest BCUT2D eigenvalue weighted by Crippen LogP contribution is 2.03. The number of ether oxygens (including phenoxy) is 1. The Morgan fingerprint density at radius 1 is 1.27 bits per heavy atom. The largest absolute Gasteiger partial charge is 0.356 e. The maximum atomic E-state index is 9.74. The van der Waals surface area contributed by atoms with Gasteiger partial charge < -0.3 is 19.6 Å². The molecule has 15 heavy (non-hydrogen) atoms. The lowest BCUT2D eigenvalue weighted by Crippen LogP contribution is -2.50. The van der Waals surface area contributed by atoms with Gasteiger partial charge >= 0.3 is 0 Å². The van der Waals surface area contributed by atoms with Crippen LogP contribution in [0.3, 0.4) is 0 Å². The summed E-state index contributed by atoms with van der Waals surface area (Å²) in [6, 6.07) is 0. The summed E-state index contributed by atoms with van der Waals surface area (Å²) < 4.78 is 5.35. The highest BCUT2D eigenvalue weighted by atomic mass is 16.6. The lowest BCUT2D eigenvalue weighted by Gasteiger charge is -2.35. The van der Waals surface area contributed by atoms with Crippen molar-refractivity contribution in [3.05, 3.63) is 0 Å². The Morgan fingerprint density at radius 2 is 1.87 bits per heavy atom. The monoisotopic (exact) mass is 217 g/mol. The van der Waals surface area contributed by atoms with Crippen molar-refractivity contribution < 1.29 is 9.84 Å². The fourth-order valence-electron chi connectivity index (χ4n) is 1.49. The molecule has 5 heteroatoms. The van der Waals surface area contributed by atoms with Gasteiger partial charge in [0.1, 0.15) is 0 Å². The molecule has 1 atom stereocenters. The first-order valence-electron chi connectivity index (χ1n) is 5.46. The van der Waals surface area contributed by atoms with Crippen molar-refractivity contribution in [2.45, 2.75) is 6.41 Å². The molecule has 90 valence electrons.